The van der Waals surface area contributed by atoms with Crippen molar-refractivity contribution in [1.29, 1.82) is 0 Å². The van der Waals surface area contributed by atoms with Gasteiger partial charge in [-0.3, -0.25) is 0 Å². The standard InChI is InChI=1S/C29H40BNO5/c1-10-29(9)23-18-20(30-35-27(5,6)28(7,8)36-30)12-17-24(23)31(25(29)26(32)33-11-2)21-13-15-22(16-14-21)34-19(3)4/h12-19,25H,10-11H2,1-9H3. The average Bonchev–Trinajstić information content (AvgIpc) is 3.20. The second-order valence-corrected chi connectivity index (χ2v) is 11.3. The lowest BCUT2D eigenvalue weighted by molar-refractivity contribution is -0.146. The van der Waals surface area contributed by atoms with Crippen molar-refractivity contribution >= 4 is 29.9 Å². The lowest BCUT2D eigenvalue weighted by atomic mass is 9.72. The molecule has 7 heteroatoms. The van der Waals surface area contributed by atoms with Gasteiger partial charge in [-0.25, -0.2) is 4.79 Å². The molecule has 0 radical (unpaired) electrons. The number of rotatable bonds is 7. The Balaban J connectivity index is 1.80. The molecule has 6 nitrogen and oxygen atoms in total. The third-order valence-corrected chi connectivity index (χ3v) is 8.01. The van der Waals surface area contributed by atoms with E-state index >= 15 is 0 Å². The van der Waals surface area contributed by atoms with Gasteiger partial charge in [0, 0.05) is 16.8 Å². The number of fused-ring (bicyclic) bond motifs is 1. The van der Waals surface area contributed by atoms with Crippen LogP contribution in [0, 0.1) is 0 Å². The predicted molar refractivity (Wildman–Crippen MR) is 145 cm³/mol. The largest absolute Gasteiger partial charge is 0.494 e. The molecule has 4 rings (SSSR count). The van der Waals surface area contributed by atoms with E-state index in [-0.39, 0.29) is 12.1 Å². The molecule has 0 saturated carbocycles. The maximum absolute atomic E-state index is 13.5. The molecule has 2 aliphatic rings. The highest BCUT2D eigenvalue weighted by molar-refractivity contribution is 6.62. The molecule has 0 amide bonds. The summed E-state index contributed by atoms with van der Waals surface area (Å²) in [5.74, 6) is 0.577. The van der Waals surface area contributed by atoms with Gasteiger partial charge in [0.2, 0.25) is 0 Å². The molecular weight excluding hydrogens is 453 g/mol. The molecule has 0 spiro atoms. The summed E-state index contributed by atoms with van der Waals surface area (Å²) in [7, 11) is -0.469. The average molecular weight is 493 g/mol. The van der Waals surface area contributed by atoms with Gasteiger partial charge in [0.05, 0.1) is 23.9 Å². The summed E-state index contributed by atoms with van der Waals surface area (Å²) in [4.78, 5) is 15.6. The van der Waals surface area contributed by atoms with E-state index in [1.165, 1.54) is 0 Å². The van der Waals surface area contributed by atoms with Gasteiger partial charge >= 0.3 is 13.1 Å². The SMILES string of the molecule is CCOC(=O)C1N(c2ccc(OC(C)C)cc2)c2ccc(B3OC(C)(C)C(C)(C)O3)cc2C1(C)CC. The summed E-state index contributed by atoms with van der Waals surface area (Å²) in [5.41, 5.74) is 2.65. The van der Waals surface area contributed by atoms with Crippen LogP contribution in [0.15, 0.2) is 42.5 Å². The number of carbonyl (C=O) groups is 1. The Bertz CT molecular complexity index is 1100. The van der Waals surface area contributed by atoms with Crippen LogP contribution in [0.1, 0.15) is 74.3 Å². The third kappa shape index (κ3) is 4.41. The second kappa shape index (κ2) is 9.42. The summed E-state index contributed by atoms with van der Waals surface area (Å²) in [6, 6.07) is 13.7. The molecule has 0 N–H and O–H groups in total. The number of nitrogens with zero attached hydrogens (tertiary/aromatic N) is 1. The summed E-state index contributed by atoms with van der Waals surface area (Å²) in [6.45, 7) is 18.7. The summed E-state index contributed by atoms with van der Waals surface area (Å²) in [6.07, 6.45) is 0.855. The van der Waals surface area contributed by atoms with Gasteiger partial charge in [-0.05, 0) is 96.2 Å². The van der Waals surface area contributed by atoms with Crippen molar-refractivity contribution in [3.63, 3.8) is 0 Å². The Morgan fingerprint density at radius 2 is 1.61 bits per heavy atom. The fourth-order valence-electron chi connectivity index (χ4n) is 5.13. The number of hydrogen-bond donors (Lipinski definition) is 0. The Hall–Kier alpha value is -2.51. The maximum Gasteiger partial charge on any atom is 0.494 e. The first-order valence-corrected chi connectivity index (χ1v) is 13.1. The topological polar surface area (TPSA) is 57.2 Å². The summed E-state index contributed by atoms with van der Waals surface area (Å²) in [5, 5.41) is 0. The first-order chi connectivity index (χ1) is 16.8. The molecule has 2 aromatic carbocycles. The summed E-state index contributed by atoms with van der Waals surface area (Å²) < 4.78 is 24.1. The molecule has 36 heavy (non-hydrogen) atoms. The highest BCUT2D eigenvalue weighted by Crippen LogP contribution is 2.51. The monoisotopic (exact) mass is 493 g/mol. The van der Waals surface area contributed by atoms with E-state index in [1.54, 1.807) is 0 Å². The molecule has 1 saturated heterocycles. The zero-order valence-electron chi connectivity index (χ0n) is 23.2. The molecular formula is C29H40BNO5. The van der Waals surface area contributed by atoms with Gasteiger partial charge in [0.15, 0.2) is 0 Å². The predicted octanol–water partition coefficient (Wildman–Crippen LogP) is 5.52. The van der Waals surface area contributed by atoms with Crippen LogP contribution < -0.4 is 15.1 Å². The van der Waals surface area contributed by atoms with Crippen molar-refractivity contribution in [3.8, 4) is 5.75 Å². The molecule has 2 atom stereocenters. The van der Waals surface area contributed by atoms with Gasteiger partial charge < -0.3 is 23.7 Å². The van der Waals surface area contributed by atoms with Gasteiger partial charge in [-0.15, -0.1) is 0 Å². The first-order valence-electron chi connectivity index (χ1n) is 13.1. The van der Waals surface area contributed by atoms with Crippen molar-refractivity contribution in [2.24, 2.45) is 0 Å². The van der Waals surface area contributed by atoms with Crippen LogP contribution in [0.5, 0.6) is 5.75 Å². The normalized spacial score (nSPS) is 24.2. The fourth-order valence-corrected chi connectivity index (χ4v) is 5.13. The van der Waals surface area contributed by atoms with Crippen LogP contribution in [-0.4, -0.2) is 43.0 Å². The number of ether oxygens (including phenoxy) is 2. The third-order valence-electron chi connectivity index (χ3n) is 8.01. The van der Waals surface area contributed by atoms with Gasteiger partial charge in [-0.2, -0.15) is 0 Å². The van der Waals surface area contributed by atoms with Crippen molar-refractivity contribution in [1.82, 2.24) is 0 Å². The number of hydrogen-bond acceptors (Lipinski definition) is 6. The van der Waals surface area contributed by atoms with Crippen molar-refractivity contribution in [2.75, 3.05) is 11.5 Å². The molecule has 2 heterocycles. The molecule has 1 fully saturated rings. The Morgan fingerprint density at radius 1 is 1.00 bits per heavy atom. The van der Waals surface area contributed by atoms with Crippen LogP contribution in [0.4, 0.5) is 11.4 Å². The van der Waals surface area contributed by atoms with E-state index in [4.69, 9.17) is 18.8 Å². The zero-order valence-corrected chi connectivity index (χ0v) is 23.2. The maximum atomic E-state index is 13.5. The Labute approximate surface area is 216 Å². The lowest BCUT2D eigenvalue weighted by Gasteiger charge is -2.34. The Morgan fingerprint density at radius 3 is 2.14 bits per heavy atom. The lowest BCUT2D eigenvalue weighted by Crippen LogP contribution is -2.47. The minimum atomic E-state index is -0.497. The quantitative estimate of drug-likeness (QED) is 0.374. The van der Waals surface area contributed by atoms with Gasteiger partial charge in [-0.1, -0.05) is 26.0 Å². The van der Waals surface area contributed by atoms with Crippen LogP contribution in [-0.2, 0) is 24.3 Å². The van der Waals surface area contributed by atoms with Crippen molar-refractivity contribution < 1.29 is 23.6 Å². The fraction of sp³-hybridized carbons (Fsp3) is 0.552. The van der Waals surface area contributed by atoms with E-state index in [0.717, 1.165) is 34.6 Å². The van der Waals surface area contributed by atoms with E-state index < -0.39 is 29.8 Å². The smallest absolute Gasteiger partial charge is 0.491 e. The molecule has 2 aliphatic heterocycles. The van der Waals surface area contributed by atoms with Crippen LogP contribution in [0.2, 0.25) is 0 Å². The molecule has 0 bridgehead atoms. The molecule has 0 aromatic heterocycles. The highest BCUT2D eigenvalue weighted by atomic mass is 16.7. The second-order valence-electron chi connectivity index (χ2n) is 11.3. The number of carbonyl (C=O) groups excluding carboxylic acids is 1. The number of benzene rings is 2. The first kappa shape index (κ1) is 26.6. The summed E-state index contributed by atoms with van der Waals surface area (Å²) >= 11 is 0. The van der Waals surface area contributed by atoms with E-state index in [0.29, 0.717) is 6.61 Å². The van der Waals surface area contributed by atoms with Crippen molar-refractivity contribution in [2.45, 2.75) is 97.5 Å². The number of esters is 1. The van der Waals surface area contributed by atoms with Crippen LogP contribution in [0.25, 0.3) is 0 Å². The highest BCUT2D eigenvalue weighted by Gasteiger charge is 2.54. The number of anilines is 2. The minimum Gasteiger partial charge on any atom is -0.491 e. The van der Waals surface area contributed by atoms with Crippen LogP contribution in [0.3, 0.4) is 0 Å². The minimum absolute atomic E-state index is 0.0902. The molecule has 0 aliphatic carbocycles. The van der Waals surface area contributed by atoms with Gasteiger partial charge in [0.25, 0.3) is 0 Å². The zero-order chi connectivity index (χ0) is 26.5. The van der Waals surface area contributed by atoms with Crippen molar-refractivity contribution in [3.05, 3.63) is 48.0 Å². The van der Waals surface area contributed by atoms with E-state index in [9.17, 15) is 4.79 Å². The van der Waals surface area contributed by atoms with E-state index in [1.807, 2.05) is 51.1 Å². The molecule has 2 aromatic rings. The molecule has 194 valence electrons. The Kier molecular flexibility index (Phi) is 6.95. The van der Waals surface area contributed by atoms with E-state index in [2.05, 4.69) is 58.6 Å². The van der Waals surface area contributed by atoms with Gasteiger partial charge in [0.1, 0.15) is 11.8 Å². The molecule has 2 unspecified atom stereocenters. The van der Waals surface area contributed by atoms with Crippen LogP contribution >= 0.6 is 0 Å².